The Labute approximate surface area is 226 Å². The second kappa shape index (κ2) is 10.5. The second-order valence-corrected chi connectivity index (χ2v) is 13.1. The molecule has 4 rings (SSSR count). The molecule has 2 aromatic heterocycles. The SMILES string of the molecule is CN(CCCNc1cc(-c2ccccc2Cl)nc2c(Br)ccn12)S(=O)(=O)c1ccc(C(C)(C)C)cc1. The van der Waals surface area contributed by atoms with Crippen LogP contribution >= 0.6 is 27.5 Å². The van der Waals surface area contributed by atoms with Gasteiger partial charge in [-0.15, -0.1) is 0 Å². The fraction of sp³-hybridized carbons (Fsp3) is 0.296. The van der Waals surface area contributed by atoms with E-state index in [1.807, 2.05) is 59.1 Å². The van der Waals surface area contributed by atoms with Crippen molar-refractivity contribution in [3.05, 3.63) is 81.9 Å². The molecule has 9 heteroatoms. The Morgan fingerprint density at radius 1 is 1.08 bits per heavy atom. The molecule has 0 atom stereocenters. The highest BCUT2D eigenvalue weighted by Crippen LogP contribution is 2.31. The maximum atomic E-state index is 13.0. The molecule has 0 aliphatic heterocycles. The van der Waals surface area contributed by atoms with Gasteiger partial charge in [-0.05, 0) is 57.6 Å². The van der Waals surface area contributed by atoms with Crippen molar-refractivity contribution in [1.82, 2.24) is 13.7 Å². The normalized spacial score (nSPS) is 12.4. The van der Waals surface area contributed by atoms with Crippen LogP contribution in [0.4, 0.5) is 5.82 Å². The third-order valence-electron chi connectivity index (χ3n) is 6.11. The van der Waals surface area contributed by atoms with Gasteiger partial charge < -0.3 is 5.32 Å². The van der Waals surface area contributed by atoms with Gasteiger partial charge in [-0.25, -0.2) is 17.7 Å². The first kappa shape index (κ1) is 26.7. The maximum absolute atomic E-state index is 13.0. The van der Waals surface area contributed by atoms with Crippen LogP contribution in [0.1, 0.15) is 32.8 Å². The molecule has 0 radical (unpaired) electrons. The molecule has 1 N–H and O–H groups in total. The van der Waals surface area contributed by atoms with E-state index in [4.69, 9.17) is 16.6 Å². The van der Waals surface area contributed by atoms with Gasteiger partial charge in [0.05, 0.1) is 15.1 Å². The van der Waals surface area contributed by atoms with Crippen molar-refractivity contribution in [3.8, 4) is 11.3 Å². The number of benzene rings is 2. The summed E-state index contributed by atoms with van der Waals surface area (Å²) in [5.74, 6) is 0.851. The van der Waals surface area contributed by atoms with Crippen LogP contribution in [-0.2, 0) is 15.4 Å². The van der Waals surface area contributed by atoms with Crippen molar-refractivity contribution < 1.29 is 8.42 Å². The molecule has 0 saturated carbocycles. The van der Waals surface area contributed by atoms with Crippen LogP contribution in [0.2, 0.25) is 5.02 Å². The Kier molecular flexibility index (Phi) is 7.80. The van der Waals surface area contributed by atoms with Crippen molar-refractivity contribution >= 4 is 49.0 Å². The van der Waals surface area contributed by atoms with Crippen LogP contribution in [0.25, 0.3) is 16.9 Å². The van der Waals surface area contributed by atoms with Gasteiger partial charge in [0.2, 0.25) is 10.0 Å². The Hall–Kier alpha value is -2.39. The van der Waals surface area contributed by atoms with Crippen LogP contribution in [-0.4, -0.2) is 42.2 Å². The van der Waals surface area contributed by atoms with E-state index >= 15 is 0 Å². The lowest BCUT2D eigenvalue weighted by atomic mass is 9.87. The molecule has 2 heterocycles. The Morgan fingerprint density at radius 2 is 1.78 bits per heavy atom. The molecule has 0 bridgehead atoms. The van der Waals surface area contributed by atoms with Crippen LogP contribution in [0, 0.1) is 0 Å². The Morgan fingerprint density at radius 3 is 2.44 bits per heavy atom. The van der Waals surface area contributed by atoms with Gasteiger partial charge in [0.1, 0.15) is 5.82 Å². The molecule has 0 saturated heterocycles. The minimum absolute atomic E-state index is 0.0285. The number of rotatable bonds is 8. The number of aromatic nitrogens is 2. The molecular weight excluding hydrogens is 560 g/mol. The van der Waals surface area contributed by atoms with Crippen LogP contribution in [0.5, 0.6) is 0 Å². The number of nitrogens with one attached hydrogen (secondary N) is 1. The lowest BCUT2D eigenvalue weighted by molar-refractivity contribution is 0.465. The first-order valence-electron chi connectivity index (χ1n) is 11.7. The summed E-state index contributed by atoms with van der Waals surface area (Å²) in [5.41, 5.74) is 3.45. The maximum Gasteiger partial charge on any atom is 0.242 e. The number of sulfonamides is 1. The first-order chi connectivity index (χ1) is 17.0. The quantitative estimate of drug-likeness (QED) is 0.229. The molecule has 0 fully saturated rings. The average molecular weight is 590 g/mol. The van der Waals surface area contributed by atoms with Crippen LogP contribution < -0.4 is 5.32 Å². The molecule has 0 aliphatic carbocycles. The molecule has 190 valence electrons. The molecule has 0 spiro atoms. The number of anilines is 1. The lowest BCUT2D eigenvalue weighted by Gasteiger charge is -2.21. The van der Waals surface area contributed by atoms with Crippen molar-refractivity contribution in [2.75, 3.05) is 25.5 Å². The smallest absolute Gasteiger partial charge is 0.242 e. The summed E-state index contributed by atoms with van der Waals surface area (Å²) in [6.07, 6.45) is 2.56. The summed E-state index contributed by atoms with van der Waals surface area (Å²) in [6.45, 7) is 7.29. The third kappa shape index (κ3) is 5.62. The fourth-order valence-electron chi connectivity index (χ4n) is 3.94. The minimum Gasteiger partial charge on any atom is -0.371 e. The molecule has 0 aliphatic rings. The molecular formula is C27H30BrClN4O2S. The van der Waals surface area contributed by atoms with E-state index in [1.54, 1.807) is 19.2 Å². The largest absolute Gasteiger partial charge is 0.371 e. The van der Waals surface area contributed by atoms with Crippen molar-refractivity contribution in [1.29, 1.82) is 0 Å². The van der Waals surface area contributed by atoms with Crippen LogP contribution in [0.15, 0.2) is 76.2 Å². The summed E-state index contributed by atoms with van der Waals surface area (Å²) in [5, 5.41) is 4.07. The van der Waals surface area contributed by atoms with E-state index in [1.165, 1.54) is 4.31 Å². The Bertz CT molecular complexity index is 1480. The lowest BCUT2D eigenvalue weighted by Crippen LogP contribution is -2.29. The van der Waals surface area contributed by atoms with E-state index in [9.17, 15) is 8.42 Å². The van der Waals surface area contributed by atoms with Crippen molar-refractivity contribution in [2.24, 2.45) is 0 Å². The van der Waals surface area contributed by atoms with E-state index in [0.717, 1.165) is 32.8 Å². The summed E-state index contributed by atoms with van der Waals surface area (Å²) >= 11 is 9.99. The van der Waals surface area contributed by atoms with Gasteiger partial charge in [-0.3, -0.25) is 4.40 Å². The van der Waals surface area contributed by atoms with Gasteiger partial charge in [-0.2, -0.15) is 0 Å². The van der Waals surface area contributed by atoms with E-state index in [0.29, 0.717) is 29.4 Å². The number of halogens is 2. The molecule has 2 aromatic carbocycles. The molecule has 36 heavy (non-hydrogen) atoms. The predicted octanol–water partition coefficient (Wildman–Crippen LogP) is 6.84. The minimum atomic E-state index is -3.56. The van der Waals surface area contributed by atoms with Gasteiger partial charge >= 0.3 is 0 Å². The van der Waals surface area contributed by atoms with Crippen molar-refractivity contribution in [3.63, 3.8) is 0 Å². The Balaban J connectivity index is 1.45. The van der Waals surface area contributed by atoms with E-state index in [2.05, 4.69) is 42.0 Å². The zero-order valence-electron chi connectivity index (χ0n) is 20.8. The van der Waals surface area contributed by atoms with Crippen molar-refractivity contribution in [2.45, 2.75) is 37.5 Å². The number of nitrogens with zero attached hydrogens (tertiary/aromatic N) is 3. The predicted molar refractivity (Wildman–Crippen MR) is 151 cm³/mol. The highest BCUT2D eigenvalue weighted by molar-refractivity contribution is 9.10. The second-order valence-electron chi connectivity index (χ2n) is 9.75. The zero-order chi connectivity index (χ0) is 26.1. The molecule has 0 amide bonds. The van der Waals surface area contributed by atoms with Gasteiger partial charge in [0, 0.05) is 43.0 Å². The number of hydrogen-bond acceptors (Lipinski definition) is 4. The monoisotopic (exact) mass is 588 g/mol. The summed E-state index contributed by atoms with van der Waals surface area (Å²) in [6, 6.07) is 18.7. The molecule has 6 nitrogen and oxygen atoms in total. The first-order valence-corrected chi connectivity index (χ1v) is 14.3. The van der Waals surface area contributed by atoms with E-state index < -0.39 is 10.0 Å². The standard InChI is InChI=1S/C27H30BrClN4O2S/c1-27(2,3)19-10-12-20(13-11-19)36(34,35)32(4)16-7-15-30-25-18-24(21-8-5-6-9-23(21)29)31-26-22(28)14-17-33(25)26/h5-6,8-14,17-18,30H,7,15-16H2,1-4H3. The van der Waals surface area contributed by atoms with Crippen LogP contribution in [0.3, 0.4) is 0 Å². The van der Waals surface area contributed by atoms with E-state index in [-0.39, 0.29) is 5.41 Å². The van der Waals surface area contributed by atoms with Gasteiger partial charge in [0.15, 0.2) is 5.65 Å². The van der Waals surface area contributed by atoms with Gasteiger partial charge in [0.25, 0.3) is 0 Å². The zero-order valence-corrected chi connectivity index (χ0v) is 24.0. The molecule has 0 unspecified atom stereocenters. The highest BCUT2D eigenvalue weighted by atomic mass is 79.9. The summed E-state index contributed by atoms with van der Waals surface area (Å²) in [7, 11) is -1.93. The highest BCUT2D eigenvalue weighted by Gasteiger charge is 2.22. The fourth-order valence-corrected chi connectivity index (χ4v) is 5.78. The number of hydrogen-bond donors (Lipinski definition) is 1. The summed E-state index contributed by atoms with van der Waals surface area (Å²) < 4.78 is 30.3. The topological polar surface area (TPSA) is 66.7 Å². The third-order valence-corrected chi connectivity index (χ3v) is 8.92. The number of fused-ring (bicyclic) bond motifs is 1. The van der Waals surface area contributed by atoms with Gasteiger partial charge in [-0.1, -0.05) is 62.7 Å². The molecule has 4 aromatic rings. The average Bonchev–Trinajstić information content (AvgIpc) is 3.22. The summed E-state index contributed by atoms with van der Waals surface area (Å²) in [4.78, 5) is 5.08.